The number of amides is 1. The molecule has 1 amide bonds. The topological polar surface area (TPSA) is 68.5 Å². The van der Waals surface area contributed by atoms with Crippen LogP contribution in [0.1, 0.15) is 12.1 Å². The van der Waals surface area contributed by atoms with Gasteiger partial charge in [-0.15, -0.1) is 11.3 Å². The van der Waals surface area contributed by atoms with E-state index in [1.165, 1.54) is 0 Å². The first-order valence-corrected chi connectivity index (χ1v) is 9.62. The molecule has 2 aromatic heterocycles. The Balaban J connectivity index is 1.78. The number of carbonyl (C=O) groups is 1. The minimum absolute atomic E-state index is 0.299. The molecule has 0 atom stereocenters. The van der Waals surface area contributed by atoms with Crippen molar-refractivity contribution in [2.45, 2.75) is 13.0 Å². The van der Waals surface area contributed by atoms with Crippen LogP contribution in [0.4, 0.5) is 5.69 Å². The predicted octanol–water partition coefficient (Wildman–Crippen LogP) is 3.76. The van der Waals surface area contributed by atoms with Crippen molar-refractivity contribution in [2.75, 3.05) is 18.6 Å². The molecule has 0 aliphatic rings. The third kappa shape index (κ3) is 4.58. The molecule has 0 radical (unpaired) electrons. The second-order valence-corrected chi connectivity index (χ2v) is 7.13. The largest absolute Gasteiger partial charge is 0.497 e. The van der Waals surface area contributed by atoms with Gasteiger partial charge in [-0.1, -0.05) is 0 Å². The summed E-state index contributed by atoms with van der Waals surface area (Å²) in [4.78, 5) is 18.0. The van der Waals surface area contributed by atoms with Crippen molar-refractivity contribution in [1.82, 2.24) is 4.98 Å². The lowest BCUT2D eigenvalue weighted by Crippen LogP contribution is -2.27. The lowest BCUT2D eigenvalue weighted by molar-refractivity contribution is -0.117. The highest BCUT2D eigenvalue weighted by molar-refractivity contribution is 7.14. The molecule has 7 heteroatoms. The highest BCUT2D eigenvalue weighted by Crippen LogP contribution is 2.27. The van der Waals surface area contributed by atoms with Crippen LogP contribution in [0.3, 0.4) is 0 Å². The molecule has 2 heterocycles. The van der Waals surface area contributed by atoms with Crippen molar-refractivity contribution >= 4 is 34.3 Å². The SMILES string of the molecule is COc1ccc(N(CCC(N)=O)Cc2csc(-c3ccsc3)n2)cc1. The number of carbonyl (C=O) groups excluding carboxylic acids is 1. The van der Waals surface area contributed by atoms with Crippen molar-refractivity contribution in [1.29, 1.82) is 0 Å². The Morgan fingerprint density at radius 1 is 1.24 bits per heavy atom. The summed E-state index contributed by atoms with van der Waals surface area (Å²) in [6.07, 6.45) is 0.299. The molecule has 5 nitrogen and oxygen atoms in total. The number of nitrogens with zero attached hydrogens (tertiary/aromatic N) is 2. The minimum Gasteiger partial charge on any atom is -0.497 e. The zero-order valence-electron chi connectivity index (χ0n) is 13.8. The summed E-state index contributed by atoms with van der Waals surface area (Å²) in [5.74, 6) is 0.489. The maximum absolute atomic E-state index is 11.2. The molecular weight excluding hydrogens is 354 g/mol. The molecule has 0 fully saturated rings. The maximum Gasteiger partial charge on any atom is 0.219 e. The van der Waals surface area contributed by atoms with Gasteiger partial charge in [-0.2, -0.15) is 11.3 Å². The molecule has 0 saturated carbocycles. The summed E-state index contributed by atoms with van der Waals surface area (Å²) in [5, 5.41) is 7.22. The van der Waals surface area contributed by atoms with Crippen LogP contribution in [-0.2, 0) is 11.3 Å². The number of benzene rings is 1. The molecule has 0 unspecified atom stereocenters. The average molecular weight is 374 g/mol. The van der Waals surface area contributed by atoms with Crippen molar-refractivity contribution < 1.29 is 9.53 Å². The molecular formula is C18H19N3O2S2. The monoisotopic (exact) mass is 373 g/mol. The van der Waals surface area contributed by atoms with E-state index in [9.17, 15) is 4.79 Å². The number of rotatable bonds is 8. The van der Waals surface area contributed by atoms with Gasteiger partial charge >= 0.3 is 0 Å². The second kappa shape index (κ2) is 8.13. The van der Waals surface area contributed by atoms with Gasteiger partial charge < -0.3 is 15.4 Å². The van der Waals surface area contributed by atoms with E-state index in [0.717, 1.165) is 27.7 Å². The third-order valence-corrected chi connectivity index (χ3v) is 5.36. The van der Waals surface area contributed by atoms with E-state index in [2.05, 4.69) is 21.7 Å². The zero-order valence-corrected chi connectivity index (χ0v) is 15.5. The van der Waals surface area contributed by atoms with Crippen molar-refractivity contribution in [3.8, 4) is 16.3 Å². The fourth-order valence-corrected chi connectivity index (χ4v) is 3.95. The van der Waals surface area contributed by atoms with Gasteiger partial charge in [-0.05, 0) is 35.7 Å². The Hall–Kier alpha value is -2.38. The number of hydrogen-bond donors (Lipinski definition) is 1. The molecule has 25 heavy (non-hydrogen) atoms. The molecule has 0 bridgehead atoms. The summed E-state index contributed by atoms with van der Waals surface area (Å²) < 4.78 is 5.21. The first-order valence-electron chi connectivity index (χ1n) is 7.80. The predicted molar refractivity (Wildman–Crippen MR) is 103 cm³/mol. The number of thiophene rings is 1. The van der Waals surface area contributed by atoms with Gasteiger partial charge in [-0.3, -0.25) is 4.79 Å². The van der Waals surface area contributed by atoms with E-state index < -0.39 is 0 Å². The fraction of sp³-hybridized carbons (Fsp3) is 0.222. The summed E-state index contributed by atoms with van der Waals surface area (Å²) in [6.45, 7) is 1.17. The second-order valence-electron chi connectivity index (χ2n) is 5.49. The molecule has 2 N–H and O–H groups in total. The summed E-state index contributed by atoms with van der Waals surface area (Å²) in [7, 11) is 1.64. The number of hydrogen-bond acceptors (Lipinski definition) is 6. The smallest absolute Gasteiger partial charge is 0.219 e. The van der Waals surface area contributed by atoms with Crippen LogP contribution in [0.25, 0.3) is 10.6 Å². The van der Waals surface area contributed by atoms with Gasteiger partial charge in [0.05, 0.1) is 19.3 Å². The van der Waals surface area contributed by atoms with Gasteiger partial charge in [0, 0.05) is 35.0 Å². The molecule has 1 aromatic carbocycles. The molecule has 0 spiro atoms. The van der Waals surface area contributed by atoms with Gasteiger partial charge in [0.2, 0.25) is 5.91 Å². The maximum atomic E-state index is 11.2. The zero-order chi connectivity index (χ0) is 17.6. The van der Waals surface area contributed by atoms with Crippen LogP contribution in [0.2, 0.25) is 0 Å². The van der Waals surface area contributed by atoms with Crippen LogP contribution in [0, 0.1) is 0 Å². The number of methoxy groups -OCH3 is 1. The molecule has 3 aromatic rings. The highest BCUT2D eigenvalue weighted by Gasteiger charge is 2.12. The van der Waals surface area contributed by atoms with Crippen LogP contribution >= 0.6 is 22.7 Å². The van der Waals surface area contributed by atoms with E-state index in [4.69, 9.17) is 15.5 Å². The molecule has 0 saturated heterocycles. The van der Waals surface area contributed by atoms with E-state index >= 15 is 0 Å². The van der Waals surface area contributed by atoms with E-state index in [0.29, 0.717) is 19.5 Å². The first-order chi connectivity index (χ1) is 12.2. The van der Waals surface area contributed by atoms with Crippen LogP contribution < -0.4 is 15.4 Å². The molecule has 130 valence electrons. The minimum atomic E-state index is -0.309. The van der Waals surface area contributed by atoms with Crippen molar-refractivity contribution in [3.63, 3.8) is 0 Å². The normalized spacial score (nSPS) is 10.6. The lowest BCUT2D eigenvalue weighted by atomic mass is 10.2. The first kappa shape index (κ1) is 17.4. The van der Waals surface area contributed by atoms with Gasteiger partial charge in [0.15, 0.2) is 0 Å². The fourth-order valence-electron chi connectivity index (χ4n) is 2.43. The Kier molecular flexibility index (Phi) is 5.67. The van der Waals surface area contributed by atoms with E-state index in [-0.39, 0.29) is 5.91 Å². The van der Waals surface area contributed by atoms with Gasteiger partial charge in [0.1, 0.15) is 10.8 Å². The third-order valence-electron chi connectivity index (χ3n) is 3.74. The quantitative estimate of drug-likeness (QED) is 0.653. The Labute approximate surface area is 154 Å². The van der Waals surface area contributed by atoms with Crippen LogP contribution in [-0.4, -0.2) is 24.5 Å². The standard InChI is InChI=1S/C18H19N3O2S2/c1-23-16-4-2-15(3-5-16)21(8-6-17(19)22)10-14-12-25-18(20-14)13-7-9-24-11-13/h2-5,7,9,11-12H,6,8,10H2,1H3,(H2,19,22). The van der Waals surface area contributed by atoms with Crippen LogP contribution in [0.15, 0.2) is 46.5 Å². The Bertz CT molecular complexity index is 813. The Morgan fingerprint density at radius 2 is 2.04 bits per heavy atom. The van der Waals surface area contributed by atoms with E-state index in [1.54, 1.807) is 29.8 Å². The molecule has 0 aliphatic heterocycles. The van der Waals surface area contributed by atoms with Crippen molar-refractivity contribution in [3.05, 3.63) is 52.2 Å². The summed E-state index contributed by atoms with van der Waals surface area (Å²) in [6, 6.07) is 9.84. The number of anilines is 1. The molecule has 0 aliphatic carbocycles. The number of primary amides is 1. The summed E-state index contributed by atoms with van der Waals surface area (Å²) in [5.41, 5.74) is 8.46. The van der Waals surface area contributed by atoms with Gasteiger partial charge in [0.25, 0.3) is 0 Å². The van der Waals surface area contributed by atoms with Crippen molar-refractivity contribution in [2.24, 2.45) is 5.73 Å². The van der Waals surface area contributed by atoms with Crippen LogP contribution in [0.5, 0.6) is 5.75 Å². The number of aromatic nitrogens is 1. The summed E-state index contributed by atoms with van der Waals surface area (Å²) >= 11 is 3.29. The van der Waals surface area contributed by atoms with E-state index in [1.807, 2.05) is 29.6 Å². The number of nitrogens with two attached hydrogens (primary N) is 1. The van der Waals surface area contributed by atoms with Gasteiger partial charge in [-0.25, -0.2) is 4.98 Å². The number of ether oxygens (including phenoxy) is 1. The number of thiazole rings is 1. The average Bonchev–Trinajstić information content (AvgIpc) is 3.30. The highest BCUT2D eigenvalue weighted by atomic mass is 32.1. The Morgan fingerprint density at radius 3 is 2.68 bits per heavy atom. The molecule has 3 rings (SSSR count). The lowest BCUT2D eigenvalue weighted by Gasteiger charge is -2.23.